The van der Waals surface area contributed by atoms with Gasteiger partial charge in [0.05, 0.1) is 25.4 Å². The zero-order valence-electron chi connectivity index (χ0n) is 21.9. The Kier molecular flexibility index (Phi) is 7.88. The molecular weight excluding hydrogens is 510 g/mol. The van der Waals surface area contributed by atoms with Gasteiger partial charge in [-0.05, 0) is 71.6 Å². The van der Waals surface area contributed by atoms with Crippen LogP contribution in [0.3, 0.4) is 0 Å². The molecule has 0 saturated carbocycles. The van der Waals surface area contributed by atoms with Crippen molar-refractivity contribution < 1.29 is 18.3 Å². The Labute approximate surface area is 225 Å². The summed E-state index contributed by atoms with van der Waals surface area (Å²) in [6.07, 6.45) is 2.09. The molecule has 1 aliphatic rings. The van der Waals surface area contributed by atoms with Crippen molar-refractivity contribution in [2.75, 3.05) is 20.3 Å². The zero-order chi connectivity index (χ0) is 26.6. The molecule has 0 aliphatic carbocycles. The van der Waals surface area contributed by atoms with Crippen molar-refractivity contribution in [1.82, 2.24) is 0 Å². The third-order valence-electron chi connectivity index (χ3n) is 6.74. The van der Waals surface area contributed by atoms with Crippen LogP contribution >= 0.6 is 14.5 Å². The Bertz CT molecular complexity index is 1490. The van der Waals surface area contributed by atoms with Crippen molar-refractivity contribution >= 4 is 41.0 Å². The van der Waals surface area contributed by atoms with E-state index in [0.29, 0.717) is 0 Å². The average molecular weight is 543 g/mol. The molecule has 0 saturated heterocycles. The molecule has 0 bridgehead atoms. The molecule has 4 aromatic carbocycles. The van der Waals surface area contributed by atoms with E-state index >= 15 is 0 Å². The first kappa shape index (κ1) is 26.5. The van der Waals surface area contributed by atoms with Crippen LogP contribution in [-0.4, -0.2) is 25.4 Å². The fourth-order valence-electron chi connectivity index (χ4n) is 5.20. The maximum Gasteiger partial charge on any atom is 0.362 e. The third kappa shape index (κ3) is 4.53. The predicted octanol–water partition coefficient (Wildman–Crippen LogP) is 6.83. The highest BCUT2D eigenvalue weighted by Gasteiger charge is 2.43. The van der Waals surface area contributed by atoms with Gasteiger partial charge in [-0.2, -0.15) is 0 Å². The highest BCUT2D eigenvalue weighted by Crippen LogP contribution is 2.64. The minimum Gasteiger partial charge on any atom is -0.497 e. The number of allylic oxidation sites excluding steroid dienone is 1. The third-order valence-corrected chi connectivity index (χ3v) is 14.3. The van der Waals surface area contributed by atoms with Crippen molar-refractivity contribution in [1.29, 1.82) is 0 Å². The first-order valence-corrected chi connectivity index (χ1v) is 16.1. The van der Waals surface area contributed by atoms with Gasteiger partial charge in [0.2, 0.25) is 0 Å². The molecule has 0 spiro atoms. The Balaban J connectivity index is 2.01. The summed E-state index contributed by atoms with van der Waals surface area (Å²) < 4.78 is 32.5. The van der Waals surface area contributed by atoms with Crippen LogP contribution in [0, 0.1) is 0 Å². The quantitative estimate of drug-likeness (QED) is 0.218. The van der Waals surface area contributed by atoms with E-state index in [0.717, 1.165) is 43.4 Å². The van der Waals surface area contributed by atoms with Gasteiger partial charge in [0.15, 0.2) is 0 Å². The van der Waals surface area contributed by atoms with Crippen LogP contribution in [0.1, 0.15) is 25.0 Å². The maximum atomic E-state index is 14.9. The molecule has 194 valence electrons. The fourth-order valence-corrected chi connectivity index (χ4v) is 13.4. The monoisotopic (exact) mass is 542 g/mol. The standard InChI is InChI=1S/C32H32O4P2/c1-4-35-38(33,36-5-2)32-24-30(25-20-22-26(34-3)23-21-25)29-18-12-13-19-31(29)37(32,27-14-8-6-9-15-27)28-16-10-7-11-17-28/h6-24H,4-5H2,1-3H3. The highest BCUT2D eigenvalue weighted by atomic mass is 31.2. The molecule has 0 atom stereocenters. The predicted molar refractivity (Wildman–Crippen MR) is 161 cm³/mol. The number of benzene rings is 4. The summed E-state index contributed by atoms with van der Waals surface area (Å²) in [5, 5.41) is 4.08. The molecule has 38 heavy (non-hydrogen) atoms. The Morgan fingerprint density at radius 1 is 0.684 bits per heavy atom. The van der Waals surface area contributed by atoms with Gasteiger partial charge < -0.3 is 13.8 Å². The summed E-state index contributed by atoms with van der Waals surface area (Å²) in [6, 6.07) is 37.3. The molecule has 4 aromatic rings. The summed E-state index contributed by atoms with van der Waals surface area (Å²) in [7, 11) is -2.05. The van der Waals surface area contributed by atoms with Crippen LogP contribution < -0.4 is 20.7 Å². The zero-order valence-corrected chi connectivity index (χ0v) is 23.7. The molecular formula is C32H32O4P2. The molecule has 0 radical (unpaired) electrons. The van der Waals surface area contributed by atoms with E-state index in [4.69, 9.17) is 13.8 Å². The molecule has 0 unspecified atom stereocenters. The molecule has 0 fully saturated rings. The Morgan fingerprint density at radius 3 is 1.74 bits per heavy atom. The highest BCUT2D eigenvalue weighted by molar-refractivity contribution is 8.06. The second-order valence-corrected chi connectivity index (χ2v) is 14.5. The van der Waals surface area contributed by atoms with E-state index in [2.05, 4.69) is 78.9 Å². The molecule has 6 heteroatoms. The van der Waals surface area contributed by atoms with Crippen LogP contribution in [0.25, 0.3) is 5.57 Å². The normalized spacial score (nSPS) is 14.5. The second-order valence-electron chi connectivity index (χ2n) is 8.84. The van der Waals surface area contributed by atoms with E-state index < -0.39 is 14.5 Å². The molecule has 0 aromatic heterocycles. The fraction of sp³-hybridized carbons (Fsp3) is 0.156. The number of hydrogen-bond donors (Lipinski definition) is 0. The Morgan fingerprint density at radius 2 is 1.21 bits per heavy atom. The number of ether oxygens (including phenoxy) is 1. The molecule has 1 heterocycles. The van der Waals surface area contributed by atoms with Crippen molar-refractivity contribution in [3.63, 3.8) is 0 Å². The Hall–Kier alpha value is -3.13. The lowest BCUT2D eigenvalue weighted by Crippen LogP contribution is -2.34. The van der Waals surface area contributed by atoms with E-state index in [9.17, 15) is 4.57 Å². The van der Waals surface area contributed by atoms with Crippen molar-refractivity contribution in [3.05, 3.63) is 126 Å². The molecule has 1 aliphatic heterocycles. The topological polar surface area (TPSA) is 44.8 Å². The average Bonchev–Trinajstić information content (AvgIpc) is 2.97. The minimum absolute atomic E-state index is 0.276. The van der Waals surface area contributed by atoms with Crippen molar-refractivity contribution in [3.8, 4) is 5.75 Å². The summed E-state index contributed by atoms with van der Waals surface area (Å²) in [5.41, 5.74) is 3.11. The molecule has 5 rings (SSSR count). The van der Waals surface area contributed by atoms with Gasteiger partial charge in [-0.15, -0.1) is 0 Å². The smallest absolute Gasteiger partial charge is 0.362 e. The van der Waals surface area contributed by atoms with Gasteiger partial charge in [-0.1, -0.05) is 97.1 Å². The van der Waals surface area contributed by atoms with E-state index in [-0.39, 0.29) is 13.2 Å². The summed E-state index contributed by atoms with van der Waals surface area (Å²) in [5.74, 6) is 0.785. The number of hydrogen-bond acceptors (Lipinski definition) is 4. The van der Waals surface area contributed by atoms with Crippen LogP contribution in [0.2, 0.25) is 0 Å². The minimum atomic E-state index is -3.71. The van der Waals surface area contributed by atoms with Gasteiger partial charge >= 0.3 is 7.60 Å². The van der Waals surface area contributed by atoms with E-state index in [1.54, 1.807) is 7.11 Å². The number of fused-ring (bicyclic) bond motifs is 1. The van der Waals surface area contributed by atoms with E-state index in [1.165, 1.54) is 0 Å². The van der Waals surface area contributed by atoms with Crippen LogP contribution in [0.4, 0.5) is 0 Å². The lowest BCUT2D eigenvalue weighted by molar-refractivity contribution is 0.233. The van der Waals surface area contributed by atoms with Crippen LogP contribution in [-0.2, 0) is 13.6 Å². The van der Waals surface area contributed by atoms with Gasteiger partial charge in [-0.3, -0.25) is 4.57 Å². The van der Waals surface area contributed by atoms with Gasteiger partial charge in [-0.25, -0.2) is 0 Å². The molecule has 0 N–H and O–H groups in total. The summed E-state index contributed by atoms with van der Waals surface area (Å²) >= 11 is 0. The van der Waals surface area contributed by atoms with Crippen molar-refractivity contribution in [2.24, 2.45) is 0 Å². The second kappa shape index (κ2) is 11.3. The number of rotatable bonds is 9. The largest absolute Gasteiger partial charge is 0.497 e. The lowest BCUT2D eigenvalue weighted by atomic mass is 9.97. The number of methoxy groups -OCH3 is 1. The maximum absolute atomic E-state index is 14.9. The summed E-state index contributed by atoms with van der Waals surface area (Å²) in [6.45, 7) is 1.63. The van der Waals surface area contributed by atoms with Gasteiger partial charge in [0, 0.05) is 0 Å². The molecule has 0 amide bonds. The van der Waals surface area contributed by atoms with Crippen molar-refractivity contribution in [2.45, 2.75) is 13.8 Å². The first-order valence-electron chi connectivity index (χ1n) is 12.8. The van der Waals surface area contributed by atoms with Crippen LogP contribution in [0.5, 0.6) is 5.75 Å². The SMILES string of the molecule is CCOP(=O)(OCC)C1=P(c2ccccc2)(c2ccccc2)c2ccccc2C(c2ccc(OC)cc2)=C1. The lowest BCUT2D eigenvalue weighted by Gasteiger charge is -2.38. The van der Waals surface area contributed by atoms with E-state index in [1.807, 2.05) is 50.2 Å². The molecule has 4 nitrogen and oxygen atoms in total. The van der Waals surface area contributed by atoms with Crippen LogP contribution in [0.15, 0.2) is 115 Å². The first-order chi connectivity index (χ1) is 18.6. The summed E-state index contributed by atoms with van der Waals surface area (Å²) in [4.78, 5) is 0. The van der Waals surface area contributed by atoms with Gasteiger partial charge in [0.25, 0.3) is 0 Å². The van der Waals surface area contributed by atoms with Gasteiger partial charge in [0.1, 0.15) is 5.75 Å².